The molecule has 0 unspecified atom stereocenters. The van der Waals surface area contributed by atoms with E-state index in [0.717, 1.165) is 24.3 Å². The van der Waals surface area contributed by atoms with Crippen LogP contribution in [0.15, 0.2) is 6.07 Å². The van der Waals surface area contributed by atoms with Gasteiger partial charge in [-0.15, -0.1) is 11.3 Å². The molecule has 1 amide bonds. The molecular formula is C17H24N2O3S. The maximum Gasteiger partial charge on any atom is 0.253 e. The Morgan fingerprint density at radius 3 is 2.91 bits per heavy atom. The summed E-state index contributed by atoms with van der Waals surface area (Å²) < 4.78 is 11.1. The highest BCUT2D eigenvalue weighted by Gasteiger charge is 2.23. The van der Waals surface area contributed by atoms with Crippen molar-refractivity contribution >= 4 is 22.9 Å². The standard InChI is InChI=1S/C17H24N2O3S/c1-11(22-10-12-6-5-7-21-12)16(20)19-13-8-15(17(2,3)4)23-14(13)9-18/h8,11-12H,5-7,10H2,1-4H3,(H,19,20)/t11-,12-/m0/s1. The van der Waals surface area contributed by atoms with Gasteiger partial charge < -0.3 is 14.8 Å². The predicted octanol–water partition coefficient (Wildman–Crippen LogP) is 3.44. The number of amides is 1. The molecular weight excluding hydrogens is 312 g/mol. The second-order valence-electron chi connectivity index (χ2n) is 6.82. The fraction of sp³-hybridized carbons (Fsp3) is 0.647. The van der Waals surface area contributed by atoms with Crippen LogP contribution in [0.25, 0.3) is 0 Å². The lowest BCUT2D eigenvalue weighted by atomic mass is 9.94. The second kappa shape index (κ2) is 7.43. The van der Waals surface area contributed by atoms with Crippen molar-refractivity contribution in [3.05, 3.63) is 15.8 Å². The van der Waals surface area contributed by atoms with E-state index in [4.69, 9.17) is 9.47 Å². The molecule has 0 saturated carbocycles. The normalized spacial score (nSPS) is 19.3. The van der Waals surface area contributed by atoms with Crippen LogP contribution in [-0.4, -0.2) is 31.3 Å². The Balaban J connectivity index is 1.96. The van der Waals surface area contributed by atoms with Gasteiger partial charge in [0.1, 0.15) is 17.1 Å². The van der Waals surface area contributed by atoms with Crippen LogP contribution in [0, 0.1) is 11.3 Å². The number of nitrogens with one attached hydrogen (secondary N) is 1. The van der Waals surface area contributed by atoms with Gasteiger partial charge in [-0.05, 0) is 31.2 Å². The van der Waals surface area contributed by atoms with Gasteiger partial charge in [-0.1, -0.05) is 20.8 Å². The van der Waals surface area contributed by atoms with Crippen molar-refractivity contribution < 1.29 is 14.3 Å². The van der Waals surface area contributed by atoms with E-state index in [1.165, 1.54) is 11.3 Å². The van der Waals surface area contributed by atoms with Gasteiger partial charge in [0.15, 0.2) is 0 Å². The lowest BCUT2D eigenvalue weighted by molar-refractivity contribution is -0.128. The minimum absolute atomic E-state index is 0.0544. The van der Waals surface area contributed by atoms with Gasteiger partial charge in [0.2, 0.25) is 0 Å². The number of ether oxygens (including phenoxy) is 2. The summed E-state index contributed by atoms with van der Waals surface area (Å²) in [6.07, 6.45) is 1.54. The van der Waals surface area contributed by atoms with Crippen LogP contribution < -0.4 is 5.32 Å². The highest BCUT2D eigenvalue weighted by molar-refractivity contribution is 7.13. The van der Waals surface area contributed by atoms with Crippen molar-refractivity contribution in [2.45, 2.75) is 58.2 Å². The molecule has 0 aromatic carbocycles. The fourth-order valence-corrected chi connectivity index (χ4v) is 3.24. The number of nitrogens with zero attached hydrogens (tertiary/aromatic N) is 1. The topological polar surface area (TPSA) is 71.3 Å². The zero-order valence-corrected chi connectivity index (χ0v) is 15.0. The Kier molecular flexibility index (Phi) is 5.79. The minimum Gasteiger partial charge on any atom is -0.376 e. The van der Waals surface area contributed by atoms with Crippen molar-refractivity contribution in [3.63, 3.8) is 0 Å². The lowest BCUT2D eigenvalue weighted by Gasteiger charge is -2.16. The van der Waals surface area contributed by atoms with Gasteiger partial charge in [0, 0.05) is 11.5 Å². The monoisotopic (exact) mass is 336 g/mol. The van der Waals surface area contributed by atoms with Gasteiger partial charge in [0.25, 0.3) is 5.91 Å². The Morgan fingerprint density at radius 1 is 1.61 bits per heavy atom. The van der Waals surface area contributed by atoms with Gasteiger partial charge in [-0.25, -0.2) is 0 Å². The summed E-state index contributed by atoms with van der Waals surface area (Å²) in [4.78, 5) is 13.9. The minimum atomic E-state index is -0.580. The number of hydrogen-bond acceptors (Lipinski definition) is 5. The van der Waals surface area contributed by atoms with E-state index < -0.39 is 6.10 Å². The molecule has 2 rings (SSSR count). The van der Waals surface area contributed by atoms with Crippen molar-refractivity contribution in [1.82, 2.24) is 0 Å². The first-order chi connectivity index (χ1) is 10.8. The first-order valence-corrected chi connectivity index (χ1v) is 8.71. The van der Waals surface area contributed by atoms with Gasteiger partial charge in [-0.3, -0.25) is 4.79 Å². The third-order valence-electron chi connectivity index (χ3n) is 3.76. The van der Waals surface area contributed by atoms with Crippen molar-refractivity contribution in [2.75, 3.05) is 18.5 Å². The van der Waals surface area contributed by atoms with Gasteiger partial charge >= 0.3 is 0 Å². The van der Waals surface area contributed by atoms with Crippen molar-refractivity contribution in [1.29, 1.82) is 5.26 Å². The lowest BCUT2D eigenvalue weighted by Crippen LogP contribution is -2.30. The van der Waals surface area contributed by atoms with Crippen molar-refractivity contribution in [3.8, 4) is 6.07 Å². The van der Waals surface area contributed by atoms with E-state index in [2.05, 4.69) is 32.2 Å². The summed E-state index contributed by atoms with van der Waals surface area (Å²) >= 11 is 1.42. The molecule has 23 heavy (non-hydrogen) atoms. The van der Waals surface area contributed by atoms with E-state index in [0.29, 0.717) is 17.2 Å². The number of rotatable bonds is 5. The molecule has 2 atom stereocenters. The summed E-state index contributed by atoms with van der Waals surface area (Å²) in [7, 11) is 0. The molecule has 1 aromatic heterocycles. The molecule has 6 heteroatoms. The van der Waals surface area contributed by atoms with Crippen LogP contribution in [0.3, 0.4) is 0 Å². The molecule has 126 valence electrons. The molecule has 2 heterocycles. The molecule has 0 radical (unpaired) electrons. The van der Waals surface area contributed by atoms with E-state index >= 15 is 0 Å². The van der Waals surface area contributed by atoms with Crippen molar-refractivity contribution in [2.24, 2.45) is 0 Å². The van der Waals surface area contributed by atoms with Crippen LogP contribution in [0.2, 0.25) is 0 Å². The van der Waals surface area contributed by atoms with E-state index in [9.17, 15) is 10.1 Å². The number of carbonyl (C=O) groups excluding carboxylic acids is 1. The third kappa shape index (κ3) is 4.77. The van der Waals surface area contributed by atoms with Crippen LogP contribution >= 0.6 is 11.3 Å². The molecule has 1 N–H and O–H groups in total. The quantitative estimate of drug-likeness (QED) is 0.894. The maximum absolute atomic E-state index is 12.3. The Bertz CT molecular complexity index is 592. The number of anilines is 1. The fourth-order valence-electron chi connectivity index (χ4n) is 2.27. The van der Waals surface area contributed by atoms with Crippen LogP contribution in [-0.2, 0) is 19.7 Å². The Labute approximate surface area is 141 Å². The first-order valence-electron chi connectivity index (χ1n) is 7.89. The highest BCUT2D eigenvalue weighted by Crippen LogP contribution is 2.35. The van der Waals surface area contributed by atoms with Crippen LogP contribution in [0.1, 0.15) is 50.3 Å². The molecule has 1 aromatic rings. The molecule has 5 nitrogen and oxygen atoms in total. The average Bonchev–Trinajstić information content (AvgIpc) is 3.13. The summed E-state index contributed by atoms with van der Waals surface area (Å²) in [5.74, 6) is -0.238. The molecule has 1 aliphatic rings. The summed E-state index contributed by atoms with van der Waals surface area (Å²) in [6.45, 7) is 9.16. The number of hydrogen-bond donors (Lipinski definition) is 1. The number of nitriles is 1. The van der Waals surface area contributed by atoms with E-state index in [-0.39, 0.29) is 17.4 Å². The number of carbonyl (C=O) groups is 1. The van der Waals surface area contributed by atoms with Gasteiger partial charge in [-0.2, -0.15) is 5.26 Å². The highest BCUT2D eigenvalue weighted by atomic mass is 32.1. The summed E-state index contributed by atoms with van der Waals surface area (Å²) in [5, 5.41) is 12.1. The SMILES string of the molecule is C[C@H](OC[C@@H]1CCCO1)C(=O)Nc1cc(C(C)(C)C)sc1C#N. The molecule has 1 aliphatic heterocycles. The zero-order chi connectivity index (χ0) is 17.0. The van der Waals surface area contributed by atoms with Crippen LogP contribution in [0.5, 0.6) is 0 Å². The maximum atomic E-state index is 12.3. The summed E-state index contributed by atoms with van der Waals surface area (Å²) in [6, 6.07) is 4.03. The predicted molar refractivity (Wildman–Crippen MR) is 90.8 cm³/mol. The Morgan fingerprint density at radius 2 is 2.35 bits per heavy atom. The second-order valence-corrected chi connectivity index (χ2v) is 7.87. The largest absolute Gasteiger partial charge is 0.376 e. The Hall–Kier alpha value is -1.42. The van der Waals surface area contributed by atoms with Gasteiger partial charge in [0.05, 0.1) is 18.4 Å². The first kappa shape index (κ1) is 17.9. The molecule has 0 aliphatic carbocycles. The van der Waals surface area contributed by atoms with Crippen LogP contribution in [0.4, 0.5) is 5.69 Å². The van der Waals surface area contributed by atoms with E-state index in [1.54, 1.807) is 6.92 Å². The molecule has 0 spiro atoms. The number of thiophene rings is 1. The molecule has 1 fully saturated rings. The third-order valence-corrected chi connectivity index (χ3v) is 5.22. The zero-order valence-electron chi connectivity index (χ0n) is 14.1. The average molecular weight is 336 g/mol. The summed E-state index contributed by atoms with van der Waals surface area (Å²) in [5.41, 5.74) is 0.515. The molecule has 0 bridgehead atoms. The molecule has 1 saturated heterocycles. The smallest absolute Gasteiger partial charge is 0.253 e. The van der Waals surface area contributed by atoms with E-state index in [1.807, 2.05) is 6.07 Å².